The zero-order valence-electron chi connectivity index (χ0n) is 16.7. The first-order valence-electron chi connectivity index (χ1n) is 9.99. The van der Waals surface area contributed by atoms with Gasteiger partial charge in [0.1, 0.15) is 12.4 Å². The molecule has 29 heavy (non-hydrogen) atoms. The van der Waals surface area contributed by atoms with Crippen LogP contribution >= 0.6 is 0 Å². The van der Waals surface area contributed by atoms with Crippen LogP contribution < -0.4 is 14.4 Å². The van der Waals surface area contributed by atoms with Gasteiger partial charge in [0.2, 0.25) is 15.9 Å². The number of nitrogens with one attached hydrogen (secondary N) is 1. The van der Waals surface area contributed by atoms with Crippen LogP contribution in [0.1, 0.15) is 30.9 Å². The number of carbonyl (C=O) groups excluding carboxylic acids is 1. The van der Waals surface area contributed by atoms with E-state index in [0.29, 0.717) is 18.7 Å². The first-order chi connectivity index (χ1) is 13.8. The lowest BCUT2D eigenvalue weighted by atomic mass is 10.2. The quantitative estimate of drug-likeness (QED) is 0.756. The van der Waals surface area contributed by atoms with Crippen molar-refractivity contribution in [3.8, 4) is 5.75 Å². The van der Waals surface area contributed by atoms with Crippen LogP contribution in [0.4, 0.5) is 5.69 Å². The van der Waals surface area contributed by atoms with Crippen molar-refractivity contribution < 1.29 is 17.9 Å². The average Bonchev–Trinajstić information content (AvgIpc) is 3.45. The summed E-state index contributed by atoms with van der Waals surface area (Å²) in [7, 11) is -3.67. The standard InChI is InChI=1S/C22H26N2O4S/c1-15-3-7-19(8-4-15)28-14-16(2)23-29(26,27)20-9-10-21-18(13-20)11-12-24(21)22(25)17-5-6-17/h3-4,7-10,13,16-17,23H,5-6,11-12,14H2,1-2H3/t16-/m0/s1. The van der Waals surface area contributed by atoms with Gasteiger partial charge in [0.25, 0.3) is 0 Å². The molecule has 2 aromatic rings. The van der Waals surface area contributed by atoms with Crippen molar-refractivity contribution in [3.05, 3.63) is 53.6 Å². The number of nitrogens with zero attached hydrogens (tertiary/aromatic N) is 1. The Morgan fingerprint density at radius 2 is 1.93 bits per heavy atom. The summed E-state index contributed by atoms with van der Waals surface area (Å²) in [6, 6.07) is 12.3. The van der Waals surface area contributed by atoms with Crippen LogP contribution in [-0.2, 0) is 21.2 Å². The van der Waals surface area contributed by atoms with Crippen LogP contribution in [0.25, 0.3) is 0 Å². The molecule has 1 fully saturated rings. The molecule has 7 heteroatoms. The molecule has 0 spiro atoms. The fourth-order valence-electron chi connectivity index (χ4n) is 3.55. The summed E-state index contributed by atoms with van der Waals surface area (Å²) in [5.41, 5.74) is 2.89. The molecule has 6 nitrogen and oxygen atoms in total. The normalized spacial score (nSPS) is 17.1. The van der Waals surface area contributed by atoms with Crippen LogP contribution in [0.2, 0.25) is 0 Å². The zero-order valence-corrected chi connectivity index (χ0v) is 17.5. The van der Waals surface area contributed by atoms with Gasteiger partial charge in [0, 0.05) is 18.2 Å². The van der Waals surface area contributed by atoms with E-state index in [-0.39, 0.29) is 29.4 Å². The summed E-state index contributed by atoms with van der Waals surface area (Å²) in [6.07, 6.45) is 2.61. The van der Waals surface area contributed by atoms with Crippen molar-refractivity contribution in [2.75, 3.05) is 18.1 Å². The molecule has 0 unspecified atom stereocenters. The van der Waals surface area contributed by atoms with E-state index in [1.807, 2.05) is 31.2 Å². The first-order valence-corrected chi connectivity index (χ1v) is 11.5. The topological polar surface area (TPSA) is 75.7 Å². The number of carbonyl (C=O) groups is 1. The molecule has 1 aliphatic heterocycles. The Morgan fingerprint density at radius 1 is 1.21 bits per heavy atom. The highest BCUT2D eigenvalue weighted by molar-refractivity contribution is 7.89. The van der Waals surface area contributed by atoms with E-state index in [1.54, 1.807) is 30.0 Å². The van der Waals surface area contributed by atoms with Crippen molar-refractivity contribution in [2.24, 2.45) is 5.92 Å². The highest BCUT2D eigenvalue weighted by Gasteiger charge is 2.36. The third kappa shape index (κ3) is 4.46. The second kappa shape index (κ2) is 7.80. The Bertz CT molecular complexity index is 1010. The van der Waals surface area contributed by atoms with Crippen molar-refractivity contribution >= 4 is 21.6 Å². The number of fused-ring (bicyclic) bond motifs is 1. The number of sulfonamides is 1. The maximum Gasteiger partial charge on any atom is 0.240 e. The molecular weight excluding hydrogens is 388 g/mol. The lowest BCUT2D eigenvalue weighted by Gasteiger charge is -2.18. The third-order valence-corrected chi connectivity index (χ3v) is 6.91. The fraction of sp³-hybridized carbons (Fsp3) is 0.409. The largest absolute Gasteiger partial charge is 0.492 e. The third-order valence-electron chi connectivity index (χ3n) is 5.33. The highest BCUT2D eigenvalue weighted by Crippen LogP contribution is 2.37. The van der Waals surface area contributed by atoms with Gasteiger partial charge in [-0.2, -0.15) is 0 Å². The maximum absolute atomic E-state index is 12.8. The molecule has 1 atom stereocenters. The second-order valence-electron chi connectivity index (χ2n) is 7.95. The number of aryl methyl sites for hydroxylation is 1. The van der Waals surface area contributed by atoms with Crippen LogP contribution in [0, 0.1) is 12.8 Å². The van der Waals surface area contributed by atoms with Gasteiger partial charge in [-0.25, -0.2) is 13.1 Å². The average molecular weight is 415 g/mol. The lowest BCUT2D eigenvalue weighted by Crippen LogP contribution is -2.36. The number of hydrogen-bond acceptors (Lipinski definition) is 4. The Kier molecular flexibility index (Phi) is 5.36. The molecule has 0 saturated heterocycles. The Hall–Kier alpha value is -2.38. The molecule has 1 saturated carbocycles. The minimum atomic E-state index is -3.67. The summed E-state index contributed by atoms with van der Waals surface area (Å²) < 4.78 is 33.9. The van der Waals surface area contributed by atoms with E-state index >= 15 is 0 Å². The molecule has 0 radical (unpaired) electrons. The summed E-state index contributed by atoms with van der Waals surface area (Å²) in [4.78, 5) is 14.4. The van der Waals surface area contributed by atoms with Crippen molar-refractivity contribution in [1.82, 2.24) is 4.72 Å². The van der Waals surface area contributed by atoms with Crippen molar-refractivity contribution in [2.45, 2.75) is 44.0 Å². The molecular formula is C22H26N2O4S. The van der Waals surface area contributed by atoms with E-state index in [0.717, 1.165) is 29.7 Å². The van der Waals surface area contributed by atoms with Crippen LogP contribution in [0.15, 0.2) is 47.4 Å². The Morgan fingerprint density at radius 3 is 2.62 bits per heavy atom. The van der Waals surface area contributed by atoms with Gasteiger partial charge in [-0.3, -0.25) is 4.79 Å². The van der Waals surface area contributed by atoms with E-state index in [1.165, 1.54) is 0 Å². The van der Waals surface area contributed by atoms with E-state index in [2.05, 4.69) is 4.72 Å². The van der Waals surface area contributed by atoms with Gasteiger partial charge in [-0.05, 0) is 69.0 Å². The number of rotatable bonds is 7. The van der Waals surface area contributed by atoms with Gasteiger partial charge in [-0.1, -0.05) is 17.7 Å². The summed E-state index contributed by atoms with van der Waals surface area (Å²) in [5.74, 6) is 1.03. The van der Waals surface area contributed by atoms with Crippen LogP contribution in [0.3, 0.4) is 0 Å². The van der Waals surface area contributed by atoms with Gasteiger partial charge >= 0.3 is 0 Å². The summed E-state index contributed by atoms with van der Waals surface area (Å²) in [5, 5.41) is 0. The van der Waals surface area contributed by atoms with Crippen molar-refractivity contribution in [3.63, 3.8) is 0 Å². The number of hydrogen-bond donors (Lipinski definition) is 1. The minimum absolute atomic E-state index is 0.153. The zero-order chi connectivity index (χ0) is 20.6. The van der Waals surface area contributed by atoms with E-state index in [4.69, 9.17) is 4.74 Å². The smallest absolute Gasteiger partial charge is 0.240 e. The monoisotopic (exact) mass is 414 g/mol. The molecule has 2 aromatic carbocycles. The maximum atomic E-state index is 12.8. The number of anilines is 1. The van der Waals surface area contributed by atoms with Crippen molar-refractivity contribution in [1.29, 1.82) is 0 Å². The molecule has 1 heterocycles. The first kappa shape index (κ1) is 19.9. The number of benzene rings is 2. The molecule has 2 aliphatic rings. The SMILES string of the molecule is Cc1ccc(OC[C@H](C)NS(=O)(=O)c2ccc3c(c2)CCN3C(=O)C2CC2)cc1. The highest BCUT2D eigenvalue weighted by atomic mass is 32.2. The lowest BCUT2D eigenvalue weighted by molar-refractivity contribution is -0.119. The molecule has 4 rings (SSSR count). The molecule has 154 valence electrons. The fourth-order valence-corrected chi connectivity index (χ4v) is 4.83. The van der Waals surface area contributed by atoms with Gasteiger partial charge < -0.3 is 9.64 Å². The summed E-state index contributed by atoms with van der Waals surface area (Å²) in [6.45, 7) is 4.63. The minimum Gasteiger partial charge on any atom is -0.492 e. The van der Waals surface area contributed by atoms with Gasteiger partial charge in [0.15, 0.2) is 0 Å². The predicted octanol–water partition coefficient (Wildman–Crippen LogP) is 3.04. The van der Waals surface area contributed by atoms with E-state index < -0.39 is 10.0 Å². The molecule has 1 N–H and O–H groups in total. The molecule has 1 amide bonds. The van der Waals surface area contributed by atoms with Crippen LogP contribution in [-0.4, -0.2) is 33.5 Å². The number of amides is 1. The van der Waals surface area contributed by atoms with Gasteiger partial charge in [0.05, 0.1) is 10.9 Å². The molecule has 1 aliphatic carbocycles. The second-order valence-corrected chi connectivity index (χ2v) is 9.67. The van der Waals surface area contributed by atoms with Gasteiger partial charge in [-0.15, -0.1) is 0 Å². The van der Waals surface area contributed by atoms with E-state index in [9.17, 15) is 13.2 Å². The Labute approximate surface area is 171 Å². The Balaban J connectivity index is 1.40. The predicted molar refractivity (Wildman–Crippen MR) is 112 cm³/mol. The number of ether oxygens (including phenoxy) is 1. The molecule has 0 aromatic heterocycles. The summed E-state index contributed by atoms with van der Waals surface area (Å²) >= 11 is 0. The molecule has 0 bridgehead atoms. The van der Waals surface area contributed by atoms with Crippen LogP contribution in [0.5, 0.6) is 5.75 Å².